The number of hydrogen-bond acceptors (Lipinski definition) is 4. The third kappa shape index (κ3) is 2.64. The van der Waals surface area contributed by atoms with E-state index in [1.54, 1.807) is 22.9 Å². The van der Waals surface area contributed by atoms with Gasteiger partial charge < -0.3 is 5.73 Å². The second kappa shape index (κ2) is 5.46. The lowest BCUT2D eigenvalue weighted by Crippen LogP contribution is -2.02. The van der Waals surface area contributed by atoms with Gasteiger partial charge in [0.1, 0.15) is 0 Å². The van der Waals surface area contributed by atoms with Crippen LogP contribution in [0.2, 0.25) is 5.02 Å². The molecule has 7 heteroatoms. The molecule has 106 valence electrons. The topological polar surface area (TPSA) is 69.6 Å². The number of nitrogens with two attached hydrogens (primary N) is 1. The molecule has 2 aromatic carbocycles. The van der Waals surface area contributed by atoms with Gasteiger partial charge in [-0.25, -0.2) is 0 Å². The van der Waals surface area contributed by atoms with E-state index in [4.69, 9.17) is 17.3 Å². The van der Waals surface area contributed by atoms with Gasteiger partial charge in [-0.05, 0) is 69.2 Å². The van der Waals surface area contributed by atoms with E-state index in [1.807, 2.05) is 25.1 Å². The average molecular weight is 365 g/mol. The largest absolute Gasteiger partial charge is 0.399 e. The van der Waals surface area contributed by atoms with Gasteiger partial charge in [0.2, 0.25) is 0 Å². The lowest BCUT2D eigenvalue weighted by Gasteiger charge is -2.09. The molecule has 0 aliphatic heterocycles. The van der Waals surface area contributed by atoms with Gasteiger partial charge >= 0.3 is 0 Å². The van der Waals surface area contributed by atoms with E-state index in [0.29, 0.717) is 22.1 Å². The molecule has 0 amide bonds. The van der Waals surface area contributed by atoms with Gasteiger partial charge in [-0.15, -0.1) is 5.10 Å². The Morgan fingerprint density at radius 1 is 1.19 bits per heavy atom. The van der Waals surface area contributed by atoms with Crippen molar-refractivity contribution in [1.29, 1.82) is 0 Å². The number of anilines is 1. The molecule has 0 unspecified atom stereocenters. The summed E-state index contributed by atoms with van der Waals surface area (Å²) in [4.78, 5) is 0. The highest BCUT2D eigenvalue weighted by Crippen LogP contribution is 2.31. The SMILES string of the molecule is Cc1ccc(Br)c(-n2nnnc2-c2cc(N)ccc2Cl)c1. The van der Waals surface area contributed by atoms with Gasteiger partial charge in [0.25, 0.3) is 0 Å². The van der Waals surface area contributed by atoms with E-state index in [9.17, 15) is 0 Å². The Bertz CT molecular complexity index is 749. The fourth-order valence-corrected chi connectivity index (χ4v) is 2.63. The summed E-state index contributed by atoms with van der Waals surface area (Å²) in [5.74, 6) is 0.540. The maximum atomic E-state index is 6.24. The molecule has 0 aliphatic rings. The number of aromatic nitrogens is 4. The standard InChI is InChI=1S/C14H11BrClN5/c1-8-2-4-11(15)13(6-8)21-14(18-19-20-21)10-7-9(17)3-5-12(10)16/h2-7H,17H2,1H3. The molecule has 0 bridgehead atoms. The molecular formula is C14H11BrClN5. The van der Waals surface area contributed by atoms with Crippen molar-refractivity contribution in [3.8, 4) is 17.1 Å². The number of nitrogen functional groups attached to an aromatic ring is 1. The summed E-state index contributed by atoms with van der Waals surface area (Å²) in [5, 5.41) is 12.4. The smallest absolute Gasteiger partial charge is 0.188 e. The van der Waals surface area contributed by atoms with Crippen LogP contribution in [0.5, 0.6) is 0 Å². The molecule has 21 heavy (non-hydrogen) atoms. The molecule has 0 saturated carbocycles. The van der Waals surface area contributed by atoms with E-state index in [-0.39, 0.29) is 0 Å². The van der Waals surface area contributed by atoms with Gasteiger partial charge in [-0.3, -0.25) is 0 Å². The summed E-state index contributed by atoms with van der Waals surface area (Å²) in [7, 11) is 0. The Morgan fingerprint density at radius 3 is 2.81 bits per heavy atom. The van der Waals surface area contributed by atoms with Gasteiger partial charge in [-0.2, -0.15) is 4.68 Å². The second-order valence-electron chi connectivity index (χ2n) is 4.61. The summed E-state index contributed by atoms with van der Waals surface area (Å²) in [6, 6.07) is 11.2. The maximum absolute atomic E-state index is 6.24. The molecule has 0 spiro atoms. The average Bonchev–Trinajstić information content (AvgIpc) is 2.93. The van der Waals surface area contributed by atoms with E-state index in [0.717, 1.165) is 15.7 Å². The van der Waals surface area contributed by atoms with E-state index < -0.39 is 0 Å². The molecule has 1 heterocycles. The monoisotopic (exact) mass is 363 g/mol. The molecule has 5 nitrogen and oxygen atoms in total. The highest BCUT2D eigenvalue weighted by Gasteiger charge is 2.16. The van der Waals surface area contributed by atoms with Crippen LogP contribution in [0.4, 0.5) is 5.69 Å². The predicted molar refractivity (Wildman–Crippen MR) is 86.4 cm³/mol. The van der Waals surface area contributed by atoms with Crippen molar-refractivity contribution in [2.45, 2.75) is 6.92 Å². The lowest BCUT2D eigenvalue weighted by molar-refractivity contribution is 0.788. The van der Waals surface area contributed by atoms with Crippen LogP contribution in [-0.2, 0) is 0 Å². The third-order valence-corrected chi connectivity index (χ3v) is 4.03. The number of benzene rings is 2. The summed E-state index contributed by atoms with van der Waals surface area (Å²) >= 11 is 9.76. The first kappa shape index (κ1) is 14.0. The Balaban J connectivity index is 2.22. The zero-order valence-corrected chi connectivity index (χ0v) is 13.4. The number of aryl methyl sites for hydroxylation is 1. The Morgan fingerprint density at radius 2 is 2.00 bits per heavy atom. The number of halogens is 2. The number of rotatable bonds is 2. The fourth-order valence-electron chi connectivity index (χ4n) is 2.02. The zero-order valence-electron chi connectivity index (χ0n) is 11.1. The van der Waals surface area contributed by atoms with E-state index >= 15 is 0 Å². The van der Waals surface area contributed by atoms with Crippen LogP contribution in [0.25, 0.3) is 17.1 Å². The third-order valence-electron chi connectivity index (χ3n) is 3.03. The van der Waals surface area contributed by atoms with Crippen molar-refractivity contribution in [3.05, 3.63) is 51.5 Å². The van der Waals surface area contributed by atoms with Gasteiger partial charge in [0, 0.05) is 15.7 Å². The zero-order chi connectivity index (χ0) is 15.0. The number of nitrogens with zero attached hydrogens (tertiary/aromatic N) is 4. The summed E-state index contributed by atoms with van der Waals surface area (Å²) in [5.41, 5.74) is 9.07. The Labute approximate surface area is 134 Å². The first-order valence-corrected chi connectivity index (χ1v) is 7.33. The van der Waals surface area contributed by atoms with Crippen molar-refractivity contribution in [3.63, 3.8) is 0 Å². The molecule has 1 aromatic heterocycles. The van der Waals surface area contributed by atoms with Crippen molar-refractivity contribution < 1.29 is 0 Å². The van der Waals surface area contributed by atoms with E-state index in [2.05, 4.69) is 31.5 Å². The number of tetrazole rings is 1. The van der Waals surface area contributed by atoms with Crippen LogP contribution in [0.1, 0.15) is 5.56 Å². The second-order valence-corrected chi connectivity index (χ2v) is 5.87. The molecule has 3 rings (SSSR count). The van der Waals surface area contributed by atoms with Crippen molar-refractivity contribution >= 4 is 33.2 Å². The van der Waals surface area contributed by atoms with Crippen LogP contribution in [0.15, 0.2) is 40.9 Å². The summed E-state index contributed by atoms with van der Waals surface area (Å²) in [6.45, 7) is 2.01. The quantitative estimate of drug-likeness (QED) is 0.705. The first-order valence-electron chi connectivity index (χ1n) is 6.16. The van der Waals surface area contributed by atoms with Crippen LogP contribution < -0.4 is 5.73 Å². The minimum Gasteiger partial charge on any atom is -0.399 e. The highest BCUT2D eigenvalue weighted by atomic mass is 79.9. The molecule has 3 aromatic rings. The summed E-state index contributed by atoms with van der Waals surface area (Å²) in [6.07, 6.45) is 0. The van der Waals surface area contributed by atoms with Crippen molar-refractivity contribution in [1.82, 2.24) is 20.2 Å². The fraction of sp³-hybridized carbons (Fsp3) is 0.0714. The molecule has 0 saturated heterocycles. The van der Waals surface area contributed by atoms with Crippen LogP contribution in [0, 0.1) is 6.92 Å². The first-order chi connectivity index (χ1) is 10.1. The van der Waals surface area contributed by atoms with Crippen LogP contribution >= 0.6 is 27.5 Å². The summed E-state index contributed by atoms with van der Waals surface area (Å²) < 4.78 is 2.53. The Kier molecular flexibility index (Phi) is 3.65. The minimum atomic E-state index is 0.540. The van der Waals surface area contributed by atoms with Crippen molar-refractivity contribution in [2.24, 2.45) is 0 Å². The molecule has 0 aliphatic carbocycles. The van der Waals surface area contributed by atoms with Gasteiger partial charge in [0.15, 0.2) is 5.82 Å². The maximum Gasteiger partial charge on any atom is 0.188 e. The van der Waals surface area contributed by atoms with Gasteiger partial charge in [-0.1, -0.05) is 17.7 Å². The van der Waals surface area contributed by atoms with Crippen LogP contribution in [0.3, 0.4) is 0 Å². The van der Waals surface area contributed by atoms with E-state index in [1.165, 1.54) is 0 Å². The normalized spacial score (nSPS) is 10.8. The predicted octanol–water partition coefficient (Wildman–Crippen LogP) is 3.64. The molecule has 0 atom stereocenters. The minimum absolute atomic E-state index is 0.540. The van der Waals surface area contributed by atoms with Crippen LogP contribution in [-0.4, -0.2) is 20.2 Å². The molecule has 0 fully saturated rings. The highest BCUT2D eigenvalue weighted by molar-refractivity contribution is 9.10. The van der Waals surface area contributed by atoms with Crippen molar-refractivity contribution in [2.75, 3.05) is 5.73 Å². The van der Waals surface area contributed by atoms with Gasteiger partial charge in [0.05, 0.1) is 10.7 Å². The molecule has 2 N–H and O–H groups in total. The molecular weight excluding hydrogens is 354 g/mol. The lowest BCUT2D eigenvalue weighted by atomic mass is 10.1. The Hall–Kier alpha value is -1.92. The number of hydrogen-bond donors (Lipinski definition) is 1. The molecule has 0 radical (unpaired) electrons.